The maximum absolute atomic E-state index is 11.6. The molecule has 0 unspecified atom stereocenters. The first-order chi connectivity index (χ1) is 8.52. The molecule has 0 saturated carbocycles. The average Bonchev–Trinajstić information content (AvgIpc) is 2.31. The first-order valence-corrected chi connectivity index (χ1v) is 6.66. The molecule has 3 N–H and O–H groups in total. The van der Waals surface area contributed by atoms with E-state index in [0.717, 1.165) is 3.57 Å². The molecule has 6 heteroatoms. The minimum absolute atomic E-state index is 0.412. The van der Waals surface area contributed by atoms with Crippen LogP contribution >= 0.6 is 22.6 Å². The van der Waals surface area contributed by atoms with Gasteiger partial charge in [-0.25, -0.2) is 9.59 Å². The lowest BCUT2D eigenvalue weighted by Gasteiger charge is -2.14. The molecule has 0 fully saturated rings. The van der Waals surface area contributed by atoms with Crippen LogP contribution < -0.4 is 10.6 Å². The molecular formula is C12H15IN2O3. The van der Waals surface area contributed by atoms with Gasteiger partial charge in [0, 0.05) is 9.26 Å². The normalized spacial score (nSPS) is 11.7. The van der Waals surface area contributed by atoms with E-state index in [1.807, 2.05) is 19.1 Å². The molecule has 0 aromatic heterocycles. The van der Waals surface area contributed by atoms with Crippen LogP contribution in [0.2, 0.25) is 0 Å². The number of nitrogens with one attached hydrogen (secondary N) is 2. The van der Waals surface area contributed by atoms with Crippen LogP contribution in [0.15, 0.2) is 24.3 Å². The fraction of sp³-hybridized carbons (Fsp3) is 0.333. The van der Waals surface area contributed by atoms with Gasteiger partial charge in [-0.3, -0.25) is 0 Å². The van der Waals surface area contributed by atoms with Crippen LogP contribution in [0, 0.1) is 3.57 Å². The highest BCUT2D eigenvalue weighted by Crippen LogP contribution is 2.11. The zero-order valence-electron chi connectivity index (χ0n) is 9.94. The number of amides is 2. The molecule has 0 aliphatic carbocycles. The summed E-state index contributed by atoms with van der Waals surface area (Å²) >= 11 is 2.16. The number of hydrogen-bond acceptors (Lipinski definition) is 2. The van der Waals surface area contributed by atoms with Gasteiger partial charge in [0.05, 0.1) is 0 Å². The largest absolute Gasteiger partial charge is 0.480 e. The quantitative estimate of drug-likeness (QED) is 0.705. The summed E-state index contributed by atoms with van der Waals surface area (Å²) in [4.78, 5) is 22.5. The number of carbonyl (C=O) groups excluding carboxylic acids is 1. The molecule has 1 atom stereocenters. The van der Waals surface area contributed by atoms with Gasteiger partial charge in [0.25, 0.3) is 0 Å². The Labute approximate surface area is 119 Å². The van der Waals surface area contributed by atoms with E-state index in [1.165, 1.54) is 0 Å². The first kappa shape index (κ1) is 14.7. The third kappa shape index (κ3) is 4.91. The van der Waals surface area contributed by atoms with E-state index in [4.69, 9.17) is 5.11 Å². The van der Waals surface area contributed by atoms with Gasteiger partial charge >= 0.3 is 12.0 Å². The predicted octanol–water partition coefficient (Wildman–Crippen LogP) is 2.67. The first-order valence-electron chi connectivity index (χ1n) is 5.58. The van der Waals surface area contributed by atoms with Crippen LogP contribution in [0.1, 0.15) is 19.8 Å². The SMILES string of the molecule is CCC[C@H](NC(=O)Nc1ccc(I)cc1)C(=O)O. The molecule has 1 aromatic carbocycles. The Balaban J connectivity index is 2.54. The highest BCUT2D eigenvalue weighted by Gasteiger charge is 2.18. The van der Waals surface area contributed by atoms with Gasteiger partial charge in [-0.2, -0.15) is 0 Å². The Hall–Kier alpha value is -1.31. The summed E-state index contributed by atoms with van der Waals surface area (Å²) < 4.78 is 1.06. The maximum Gasteiger partial charge on any atom is 0.326 e. The van der Waals surface area contributed by atoms with E-state index in [9.17, 15) is 9.59 Å². The number of carboxylic acid groups (broad SMARTS) is 1. The van der Waals surface area contributed by atoms with E-state index in [0.29, 0.717) is 18.5 Å². The van der Waals surface area contributed by atoms with Crippen LogP contribution in [0.3, 0.4) is 0 Å². The summed E-state index contributed by atoms with van der Waals surface area (Å²) in [5.74, 6) is -1.02. The highest BCUT2D eigenvalue weighted by molar-refractivity contribution is 14.1. The van der Waals surface area contributed by atoms with E-state index in [-0.39, 0.29) is 0 Å². The van der Waals surface area contributed by atoms with Crippen LogP contribution in [0.5, 0.6) is 0 Å². The Morgan fingerprint density at radius 2 is 1.94 bits per heavy atom. The number of rotatable bonds is 5. The third-order valence-electron chi connectivity index (χ3n) is 2.28. The van der Waals surface area contributed by atoms with Crippen LogP contribution in [0.25, 0.3) is 0 Å². The molecule has 0 spiro atoms. The summed E-state index contributed by atoms with van der Waals surface area (Å²) in [6.07, 6.45) is 1.11. The van der Waals surface area contributed by atoms with E-state index in [2.05, 4.69) is 33.2 Å². The number of urea groups is 1. The van der Waals surface area contributed by atoms with Crippen LogP contribution in [0.4, 0.5) is 10.5 Å². The van der Waals surface area contributed by atoms with Crippen LogP contribution in [-0.4, -0.2) is 23.1 Å². The van der Waals surface area contributed by atoms with Crippen LogP contribution in [-0.2, 0) is 4.79 Å². The Morgan fingerprint density at radius 1 is 1.33 bits per heavy atom. The van der Waals surface area contributed by atoms with Gasteiger partial charge < -0.3 is 15.7 Å². The highest BCUT2D eigenvalue weighted by atomic mass is 127. The van der Waals surface area contributed by atoms with Gasteiger partial charge in [0.2, 0.25) is 0 Å². The van der Waals surface area contributed by atoms with Crippen molar-refractivity contribution in [2.75, 3.05) is 5.32 Å². The van der Waals surface area contributed by atoms with Crippen molar-refractivity contribution in [2.24, 2.45) is 0 Å². The lowest BCUT2D eigenvalue weighted by molar-refractivity contribution is -0.139. The van der Waals surface area contributed by atoms with E-state index < -0.39 is 18.0 Å². The smallest absolute Gasteiger partial charge is 0.326 e. The summed E-state index contributed by atoms with van der Waals surface area (Å²) in [7, 11) is 0. The minimum Gasteiger partial charge on any atom is -0.480 e. The van der Waals surface area contributed by atoms with Gasteiger partial charge in [-0.15, -0.1) is 0 Å². The number of anilines is 1. The van der Waals surface area contributed by atoms with Crippen molar-refractivity contribution in [1.29, 1.82) is 0 Å². The summed E-state index contributed by atoms with van der Waals surface area (Å²) in [6, 6.07) is 5.89. The summed E-state index contributed by atoms with van der Waals surface area (Å²) in [6.45, 7) is 1.87. The zero-order valence-corrected chi connectivity index (χ0v) is 12.1. The molecule has 0 radical (unpaired) electrons. The number of carboxylic acids is 1. The molecule has 5 nitrogen and oxygen atoms in total. The molecule has 0 heterocycles. The van der Waals surface area contributed by atoms with Crippen molar-refractivity contribution in [1.82, 2.24) is 5.32 Å². The maximum atomic E-state index is 11.6. The zero-order chi connectivity index (χ0) is 13.5. The molecule has 0 aliphatic heterocycles. The molecule has 1 rings (SSSR count). The predicted molar refractivity (Wildman–Crippen MR) is 77.6 cm³/mol. The topological polar surface area (TPSA) is 78.4 Å². The molecule has 18 heavy (non-hydrogen) atoms. The average molecular weight is 362 g/mol. The molecule has 0 saturated heterocycles. The molecule has 0 bridgehead atoms. The fourth-order valence-corrected chi connectivity index (χ4v) is 1.76. The second-order valence-corrected chi connectivity index (χ2v) is 5.03. The number of benzene rings is 1. The summed E-state index contributed by atoms with van der Waals surface area (Å²) in [5, 5.41) is 13.9. The van der Waals surface area contributed by atoms with Crippen molar-refractivity contribution in [2.45, 2.75) is 25.8 Å². The van der Waals surface area contributed by atoms with E-state index in [1.54, 1.807) is 12.1 Å². The molecule has 98 valence electrons. The molecule has 2 amide bonds. The Morgan fingerprint density at radius 3 is 2.44 bits per heavy atom. The fourth-order valence-electron chi connectivity index (χ4n) is 1.40. The number of halogens is 1. The van der Waals surface area contributed by atoms with Gasteiger partial charge in [0.1, 0.15) is 6.04 Å². The second-order valence-electron chi connectivity index (χ2n) is 3.78. The minimum atomic E-state index is -1.02. The number of carbonyl (C=O) groups is 2. The van der Waals surface area contributed by atoms with Crippen molar-refractivity contribution in [3.8, 4) is 0 Å². The van der Waals surface area contributed by atoms with Gasteiger partial charge in [-0.05, 0) is 53.3 Å². The second kappa shape index (κ2) is 7.20. The van der Waals surface area contributed by atoms with Crippen molar-refractivity contribution >= 4 is 40.3 Å². The Bertz CT molecular complexity index is 420. The van der Waals surface area contributed by atoms with Crippen molar-refractivity contribution in [3.63, 3.8) is 0 Å². The van der Waals surface area contributed by atoms with Crippen molar-refractivity contribution in [3.05, 3.63) is 27.8 Å². The number of hydrogen-bond donors (Lipinski definition) is 3. The molecular weight excluding hydrogens is 347 g/mol. The third-order valence-corrected chi connectivity index (χ3v) is 3.00. The number of aliphatic carboxylic acids is 1. The van der Waals surface area contributed by atoms with E-state index >= 15 is 0 Å². The standard InChI is InChI=1S/C12H15IN2O3/c1-2-3-10(11(16)17)15-12(18)14-9-6-4-8(13)5-7-9/h4-7,10H,2-3H2,1H3,(H,16,17)(H2,14,15,18)/t10-/m0/s1. The van der Waals surface area contributed by atoms with Gasteiger partial charge in [-0.1, -0.05) is 13.3 Å². The molecule has 1 aromatic rings. The lowest BCUT2D eigenvalue weighted by atomic mass is 10.2. The lowest BCUT2D eigenvalue weighted by Crippen LogP contribution is -2.42. The Kier molecular flexibility index (Phi) is 5.90. The van der Waals surface area contributed by atoms with Gasteiger partial charge in [0.15, 0.2) is 0 Å². The van der Waals surface area contributed by atoms with Crippen molar-refractivity contribution < 1.29 is 14.7 Å². The summed E-state index contributed by atoms with van der Waals surface area (Å²) in [5.41, 5.74) is 0.633. The molecule has 0 aliphatic rings. The monoisotopic (exact) mass is 362 g/mol.